The van der Waals surface area contributed by atoms with Crippen molar-refractivity contribution in [2.24, 2.45) is 7.05 Å². The molecule has 1 aromatic heterocycles. The third kappa shape index (κ3) is 4.13. The fraction of sp³-hybridized carbons (Fsp3) is 0.273. The molecule has 0 spiro atoms. The number of aliphatic carboxylic acids is 1. The molecule has 0 bridgehead atoms. The molecule has 29 heavy (non-hydrogen) atoms. The topological polar surface area (TPSA) is 91.6 Å². The van der Waals surface area contributed by atoms with Gasteiger partial charge in [0.05, 0.1) is 29.1 Å². The Balaban J connectivity index is 1.85. The van der Waals surface area contributed by atoms with Gasteiger partial charge in [0.2, 0.25) is 0 Å². The average Bonchev–Trinajstić information content (AvgIpc) is 3.02. The molecular weight excluding hydrogens is 392 g/mol. The van der Waals surface area contributed by atoms with Gasteiger partial charge in [-0.1, -0.05) is 35.9 Å². The summed E-state index contributed by atoms with van der Waals surface area (Å²) in [6.45, 7) is 3.26. The minimum Gasteiger partial charge on any atom is -0.481 e. The van der Waals surface area contributed by atoms with Gasteiger partial charge >= 0.3 is 5.97 Å². The lowest BCUT2D eigenvalue weighted by Gasteiger charge is -2.18. The number of halogens is 1. The maximum atomic E-state index is 12.9. The number of carbonyl (C=O) groups excluding carboxylic acids is 1. The first-order valence-electron chi connectivity index (χ1n) is 9.23. The molecule has 6 nitrogen and oxygen atoms in total. The van der Waals surface area contributed by atoms with Crippen molar-refractivity contribution < 1.29 is 19.8 Å². The minimum absolute atomic E-state index is 0.288. The first-order chi connectivity index (χ1) is 13.7. The van der Waals surface area contributed by atoms with Gasteiger partial charge in [0.25, 0.3) is 5.91 Å². The molecule has 0 aliphatic carbocycles. The molecule has 1 amide bonds. The molecule has 0 radical (unpaired) electrons. The van der Waals surface area contributed by atoms with Crippen LogP contribution in [0.3, 0.4) is 0 Å². The number of aliphatic hydroxyl groups is 1. The fourth-order valence-electron chi connectivity index (χ4n) is 3.36. The number of fused-ring (bicyclic) bond motifs is 1. The highest BCUT2D eigenvalue weighted by atomic mass is 35.5. The molecule has 0 fully saturated rings. The number of nitrogens with one attached hydrogen (secondary N) is 1. The highest BCUT2D eigenvalue weighted by molar-refractivity contribution is 6.35. The number of carbonyl (C=O) groups is 2. The van der Waals surface area contributed by atoms with Gasteiger partial charge in [0.1, 0.15) is 5.69 Å². The molecule has 0 saturated carbocycles. The van der Waals surface area contributed by atoms with Gasteiger partial charge in [0.15, 0.2) is 0 Å². The molecule has 1 unspecified atom stereocenters. The summed E-state index contributed by atoms with van der Waals surface area (Å²) < 4.78 is 1.77. The highest BCUT2D eigenvalue weighted by Gasteiger charge is 2.20. The van der Waals surface area contributed by atoms with Gasteiger partial charge in [-0.15, -0.1) is 0 Å². The van der Waals surface area contributed by atoms with E-state index in [2.05, 4.69) is 5.32 Å². The van der Waals surface area contributed by atoms with Gasteiger partial charge in [-0.2, -0.15) is 0 Å². The van der Waals surface area contributed by atoms with Crippen molar-refractivity contribution in [2.45, 2.75) is 25.8 Å². The third-order valence-electron chi connectivity index (χ3n) is 5.19. The standard InChI is InChI=1S/C22H23ClN2O4/c1-12-8-17(23)16-10-20(25(3)19(16)9-12)21(27)24-18(11-26)15-6-4-14(5-7-15)13(2)22(28)29/h4-10,13,18,26H,11H2,1-3H3,(H,24,27)(H,28,29)/t13?,18-/m1/s1. The zero-order valence-electron chi connectivity index (χ0n) is 16.4. The summed E-state index contributed by atoms with van der Waals surface area (Å²) in [5.41, 5.74) is 3.63. The largest absolute Gasteiger partial charge is 0.481 e. The van der Waals surface area contributed by atoms with E-state index >= 15 is 0 Å². The summed E-state index contributed by atoms with van der Waals surface area (Å²) in [5.74, 6) is -1.87. The summed E-state index contributed by atoms with van der Waals surface area (Å²) in [6, 6.07) is 11.8. The lowest BCUT2D eigenvalue weighted by Crippen LogP contribution is -2.32. The molecule has 0 aliphatic rings. The Kier molecular flexibility index (Phi) is 5.96. The molecular formula is C22H23ClN2O4. The predicted octanol–water partition coefficient (Wildman–Crippen LogP) is 3.79. The zero-order chi connectivity index (χ0) is 21.3. The van der Waals surface area contributed by atoms with Crippen molar-refractivity contribution in [1.29, 1.82) is 0 Å². The van der Waals surface area contributed by atoms with Crippen molar-refractivity contribution in [1.82, 2.24) is 9.88 Å². The maximum absolute atomic E-state index is 12.9. The van der Waals surface area contributed by atoms with Crippen molar-refractivity contribution in [2.75, 3.05) is 6.61 Å². The number of nitrogens with zero attached hydrogens (tertiary/aromatic N) is 1. The second kappa shape index (κ2) is 8.27. The maximum Gasteiger partial charge on any atom is 0.310 e. The van der Waals surface area contributed by atoms with E-state index in [1.807, 2.05) is 19.1 Å². The second-order valence-corrected chi connectivity index (χ2v) is 7.61. The van der Waals surface area contributed by atoms with Gasteiger partial charge in [-0.25, -0.2) is 0 Å². The monoisotopic (exact) mass is 414 g/mol. The van der Waals surface area contributed by atoms with Crippen molar-refractivity contribution in [3.63, 3.8) is 0 Å². The Bertz CT molecular complexity index is 1070. The van der Waals surface area contributed by atoms with Crippen LogP contribution in [0.5, 0.6) is 0 Å². The normalized spacial score (nSPS) is 13.3. The van der Waals surface area contributed by atoms with Gasteiger partial charge < -0.3 is 20.1 Å². The third-order valence-corrected chi connectivity index (χ3v) is 5.50. The number of hydrogen-bond donors (Lipinski definition) is 3. The molecule has 2 atom stereocenters. The first kappa shape index (κ1) is 20.9. The van der Waals surface area contributed by atoms with Crippen LogP contribution in [0.15, 0.2) is 42.5 Å². The van der Waals surface area contributed by atoms with Crippen LogP contribution >= 0.6 is 11.6 Å². The van der Waals surface area contributed by atoms with Crippen LogP contribution in [0, 0.1) is 6.92 Å². The fourth-order valence-corrected chi connectivity index (χ4v) is 3.69. The molecule has 0 saturated heterocycles. The van der Waals surface area contributed by atoms with Crippen LogP contribution in [-0.4, -0.2) is 33.3 Å². The molecule has 3 N–H and O–H groups in total. The number of rotatable bonds is 6. The van der Waals surface area contributed by atoms with Crippen molar-refractivity contribution >= 4 is 34.4 Å². The Morgan fingerprint density at radius 2 is 1.76 bits per heavy atom. The Hall–Kier alpha value is -2.83. The molecule has 1 heterocycles. The molecule has 0 aliphatic heterocycles. The molecule has 7 heteroatoms. The number of hydrogen-bond acceptors (Lipinski definition) is 3. The van der Waals surface area contributed by atoms with Gasteiger partial charge in [0, 0.05) is 12.4 Å². The van der Waals surface area contributed by atoms with E-state index in [0.29, 0.717) is 21.8 Å². The quantitative estimate of drug-likeness (QED) is 0.572. The van der Waals surface area contributed by atoms with E-state index in [1.54, 1.807) is 48.9 Å². The SMILES string of the molecule is Cc1cc(Cl)c2cc(C(=O)N[C@H](CO)c3ccc(C(C)C(=O)O)cc3)n(C)c2c1. The predicted molar refractivity (Wildman–Crippen MR) is 112 cm³/mol. The van der Waals surface area contributed by atoms with Crippen molar-refractivity contribution in [3.8, 4) is 0 Å². The number of aliphatic hydroxyl groups excluding tert-OH is 1. The summed E-state index contributed by atoms with van der Waals surface area (Å²) in [6.07, 6.45) is 0. The minimum atomic E-state index is -0.908. The zero-order valence-corrected chi connectivity index (χ0v) is 17.2. The number of aromatic nitrogens is 1. The lowest BCUT2D eigenvalue weighted by molar-refractivity contribution is -0.138. The Morgan fingerprint density at radius 3 is 2.34 bits per heavy atom. The number of carboxylic acid groups (broad SMARTS) is 1. The summed E-state index contributed by atoms with van der Waals surface area (Å²) in [4.78, 5) is 24.0. The summed E-state index contributed by atoms with van der Waals surface area (Å²) in [5, 5.41) is 23.1. The van der Waals surface area contributed by atoms with Crippen LogP contribution in [0.25, 0.3) is 10.9 Å². The Morgan fingerprint density at radius 1 is 1.14 bits per heavy atom. The number of aryl methyl sites for hydroxylation is 2. The number of benzene rings is 2. The van der Waals surface area contributed by atoms with E-state index in [9.17, 15) is 14.7 Å². The van der Waals surface area contributed by atoms with E-state index in [0.717, 1.165) is 16.5 Å². The van der Waals surface area contributed by atoms with E-state index in [-0.39, 0.29) is 12.5 Å². The van der Waals surface area contributed by atoms with E-state index in [4.69, 9.17) is 16.7 Å². The van der Waals surface area contributed by atoms with E-state index < -0.39 is 17.9 Å². The molecule has 3 aromatic rings. The smallest absolute Gasteiger partial charge is 0.310 e. The van der Waals surface area contributed by atoms with Crippen LogP contribution in [0.2, 0.25) is 5.02 Å². The van der Waals surface area contributed by atoms with Crippen molar-refractivity contribution in [3.05, 3.63) is 69.9 Å². The van der Waals surface area contributed by atoms with Crippen LogP contribution < -0.4 is 5.32 Å². The van der Waals surface area contributed by atoms with Crippen LogP contribution in [0.4, 0.5) is 0 Å². The highest BCUT2D eigenvalue weighted by Crippen LogP contribution is 2.28. The Labute approximate surface area is 173 Å². The van der Waals surface area contributed by atoms with E-state index in [1.165, 1.54) is 0 Å². The van der Waals surface area contributed by atoms with Gasteiger partial charge in [-0.3, -0.25) is 9.59 Å². The molecule has 2 aromatic carbocycles. The molecule has 3 rings (SSSR count). The summed E-state index contributed by atoms with van der Waals surface area (Å²) >= 11 is 6.32. The number of carboxylic acids is 1. The number of amides is 1. The second-order valence-electron chi connectivity index (χ2n) is 7.20. The molecule has 152 valence electrons. The lowest BCUT2D eigenvalue weighted by atomic mass is 9.98. The van der Waals surface area contributed by atoms with Crippen LogP contribution in [0.1, 0.15) is 46.1 Å². The first-order valence-corrected chi connectivity index (χ1v) is 9.60. The van der Waals surface area contributed by atoms with Gasteiger partial charge in [-0.05, 0) is 48.7 Å². The van der Waals surface area contributed by atoms with Crippen LogP contribution in [-0.2, 0) is 11.8 Å². The average molecular weight is 415 g/mol. The summed E-state index contributed by atoms with van der Waals surface area (Å²) in [7, 11) is 1.79.